The van der Waals surface area contributed by atoms with Crippen molar-refractivity contribution in [2.75, 3.05) is 25.0 Å². The first kappa shape index (κ1) is 25.0. The number of hydrogen-bond donors (Lipinski definition) is 1. The van der Waals surface area contributed by atoms with Crippen LogP contribution in [0.2, 0.25) is 0 Å². The predicted octanol–water partition coefficient (Wildman–Crippen LogP) is 6.79. The van der Waals surface area contributed by atoms with Crippen LogP contribution < -0.4 is 4.90 Å². The molecule has 2 aromatic carbocycles. The lowest BCUT2D eigenvalue weighted by Gasteiger charge is -2.29. The van der Waals surface area contributed by atoms with E-state index in [9.17, 15) is 9.90 Å². The van der Waals surface area contributed by atoms with Crippen molar-refractivity contribution in [1.82, 2.24) is 9.88 Å². The van der Waals surface area contributed by atoms with Gasteiger partial charge in [0.2, 0.25) is 0 Å². The molecule has 0 spiro atoms. The van der Waals surface area contributed by atoms with Gasteiger partial charge in [0.05, 0.1) is 18.2 Å². The summed E-state index contributed by atoms with van der Waals surface area (Å²) in [6.45, 7) is 3.19. The number of carbonyl (C=O) groups is 1. The van der Waals surface area contributed by atoms with E-state index in [2.05, 4.69) is 70.8 Å². The topological polar surface area (TPSA) is 56.7 Å². The van der Waals surface area contributed by atoms with Gasteiger partial charge >= 0.3 is 5.97 Å². The third-order valence-corrected chi connectivity index (χ3v) is 8.68. The maximum absolute atomic E-state index is 11.3. The zero-order chi connectivity index (χ0) is 24.9. The minimum absolute atomic E-state index is 0.252. The second-order valence-corrected chi connectivity index (χ2v) is 11.5. The Labute approximate surface area is 218 Å². The minimum Gasteiger partial charge on any atom is -0.481 e. The van der Waals surface area contributed by atoms with Crippen molar-refractivity contribution in [3.63, 3.8) is 0 Å². The predicted molar refractivity (Wildman–Crippen MR) is 148 cm³/mol. The van der Waals surface area contributed by atoms with E-state index in [4.69, 9.17) is 4.98 Å². The summed E-state index contributed by atoms with van der Waals surface area (Å²) in [6, 6.07) is 17.9. The number of thiazole rings is 1. The third-order valence-electron chi connectivity index (χ3n) is 7.85. The Morgan fingerprint density at radius 2 is 1.78 bits per heavy atom. The van der Waals surface area contributed by atoms with Crippen LogP contribution in [0.25, 0.3) is 11.3 Å². The van der Waals surface area contributed by atoms with E-state index in [0.717, 1.165) is 54.7 Å². The van der Waals surface area contributed by atoms with Crippen LogP contribution in [0.5, 0.6) is 0 Å². The Morgan fingerprint density at radius 1 is 1.03 bits per heavy atom. The molecule has 3 aromatic rings. The van der Waals surface area contributed by atoms with Gasteiger partial charge < -0.3 is 10.0 Å². The standard InChI is InChI=1S/C30H37N3O2S/c1-32(18-22-9-11-24(12-10-22)23-6-3-2-4-7-23)27-15-13-25(14-16-27)28-21-36-29(31-28)20-33-17-5-8-26(19-33)30(34)35/h9-16,21,23,26H,2-8,17-20H2,1H3,(H,34,35). The maximum atomic E-state index is 11.3. The lowest BCUT2D eigenvalue weighted by Crippen LogP contribution is -2.38. The van der Waals surface area contributed by atoms with E-state index in [1.807, 2.05) is 0 Å². The SMILES string of the molecule is CN(Cc1ccc(C2CCCCC2)cc1)c1ccc(-c2csc(CN3CCCC(C(=O)O)C3)n2)cc1. The first-order chi connectivity index (χ1) is 17.5. The van der Waals surface area contributed by atoms with Gasteiger partial charge in [-0.1, -0.05) is 55.7 Å². The van der Waals surface area contributed by atoms with Crippen LogP contribution in [0.1, 0.15) is 67.0 Å². The Balaban J connectivity index is 1.16. The lowest BCUT2D eigenvalue weighted by atomic mass is 9.84. The number of carboxylic acids is 1. The molecule has 2 fully saturated rings. The molecule has 190 valence electrons. The van der Waals surface area contributed by atoms with Gasteiger partial charge in [0, 0.05) is 36.8 Å². The highest BCUT2D eigenvalue weighted by Crippen LogP contribution is 2.33. The van der Waals surface area contributed by atoms with Gasteiger partial charge in [0.15, 0.2) is 0 Å². The summed E-state index contributed by atoms with van der Waals surface area (Å²) in [5.74, 6) is -0.176. The molecule has 1 aliphatic carbocycles. The molecule has 5 rings (SSSR count). The van der Waals surface area contributed by atoms with E-state index < -0.39 is 5.97 Å². The van der Waals surface area contributed by atoms with Gasteiger partial charge in [-0.25, -0.2) is 4.98 Å². The van der Waals surface area contributed by atoms with Crippen LogP contribution in [0, 0.1) is 5.92 Å². The van der Waals surface area contributed by atoms with Gasteiger partial charge in [0.25, 0.3) is 0 Å². The van der Waals surface area contributed by atoms with Crippen molar-refractivity contribution in [3.8, 4) is 11.3 Å². The number of aliphatic carboxylic acids is 1. The minimum atomic E-state index is -0.680. The summed E-state index contributed by atoms with van der Waals surface area (Å²) < 4.78 is 0. The van der Waals surface area contributed by atoms with E-state index in [-0.39, 0.29) is 5.92 Å². The second-order valence-electron chi connectivity index (χ2n) is 10.5. The molecule has 1 aromatic heterocycles. The monoisotopic (exact) mass is 503 g/mol. The Bertz CT molecular complexity index is 1140. The molecule has 1 saturated carbocycles. The zero-order valence-electron chi connectivity index (χ0n) is 21.2. The van der Waals surface area contributed by atoms with Crippen molar-refractivity contribution in [2.45, 2.75) is 64.0 Å². The Hall–Kier alpha value is -2.70. The van der Waals surface area contributed by atoms with Gasteiger partial charge in [0.1, 0.15) is 5.01 Å². The van der Waals surface area contributed by atoms with Crippen LogP contribution in [-0.4, -0.2) is 41.1 Å². The fourth-order valence-electron chi connectivity index (χ4n) is 5.69. The van der Waals surface area contributed by atoms with E-state index in [1.54, 1.807) is 11.3 Å². The first-order valence-corrected chi connectivity index (χ1v) is 14.2. The fourth-order valence-corrected chi connectivity index (χ4v) is 6.54. The highest BCUT2D eigenvalue weighted by Gasteiger charge is 2.25. The maximum Gasteiger partial charge on any atom is 0.307 e. The number of benzene rings is 2. The van der Waals surface area contributed by atoms with E-state index in [1.165, 1.54) is 48.9 Å². The highest BCUT2D eigenvalue weighted by atomic mass is 32.1. The lowest BCUT2D eigenvalue weighted by molar-refractivity contribution is -0.143. The number of hydrogen-bond acceptors (Lipinski definition) is 5. The van der Waals surface area contributed by atoms with Crippen LogP contribution >= 0.6 is 11.3 Å². The smallest absolute Gasteiger partial charge is 0.307 e. The molecule has 0 amide bonds. The highest BCUT2D eigenvalue weighted by molar-refractivity contribution is 7.09. The average Bonchev–Trinajstić information content (AvgIpc) is 3.38. The normalized spacial score (nSPS) is 19.3. The van der Waals surface area contributed by atoms with Crippen LogP contribution in [0.4, 0.5) is 5.69 Å². The number of likely N-dealkylation sites (tertiary alicyclic amines) is 1. The number of anilines is 1. The fraction of sp³-hybridized carbons (Fsp3) is 0.467. The summed E-state index contributed by atoms with van der Waals surface area (Å²) in [4.78, 5) is 20.7. The third kappa shape index (κ3) is 6.16. The summed E-state index contributed by atoms with van der Waals surface area (Å²) >= 11 is 1.66. The van der Waals surface area contributed by atoms with Crippen LogP contribution in [0.15, 0.2) is 53.9 Å². The molecule has 1 saturated heterocycles. The van der Waals surface area contributed by atoms with Crippen molar-refractivity contribution < 1.29 is 9.90 Å². The first-order valence-electron chi connectivity index (χ1n) is 13.3. The molecule has 1 unspecified atom stereocenters. The average molecular weight is 504 g/mol. The van der Waals surface area contributed by atoms with E-state index in [0.29, 0.717) is 6.54 Å². The number of nitrogens with zero attached hydrogens (tertiary/aromatic N) is 3. The van der Waals surface area contributed by atoms with Crippen molar-refractivity contribution >= 4 is 23.0 Å². The van der Waals surface area contributed by atoms with Gasteiger partial charge in [-0.3, -0.25) is 9.69 Å². The van der Waals surface area contributed by atoms with E-state index >= 15 is 0 Å². The number of piperidine rings is 1. The molecule has 1 N–H and O–H groups in total. The Morgan fingerprint density at radius 3 is 2.50 bits per heavy atom. The van der Waals surface area contributed by atoms with Gasteiger partial charge in [-0.2, -0.15) is 0 Å². The summed E-state index contributed by atoms with van der Waals surface area (Å²) in [5.41, 5.74) is 6.16. The molecular weight excluding hydrogens is 466 g/mol. The van der Waals surface area contributed by atoms with Crippen LogP contribution in [0.3, 0.4) is 0 Å². The molecule has 6 heteroatoms. The number of carboxylic acid groups (broad SMARTS) is 1. The van der Waals surface area contributed by atoms with Crippen molar-refractivity contribution in [1.29, 1.82) is 0 Å². The summed E-state index contributed by atoms with van der Waals surface area (Å²) in [6.07, 6.45) is 8.55. The summed E-state index contributed by atoms with van der Waals surface area (Å²) in [5, 5.41) is 12.5. The zero-order valence-corrected chi connectivity index (χ0v) is 22.1. The number of aromatic nitrogens is 1. The summed E-state index contributed by atoms with van der Waals surface area (Å²) in [7, 11) is 2.15. The quantitative estimate of drug-likeness (QED) is 0.367. The molecule has 2 heterocycles. The molecular formula is C30H37N3O2S. The molecule has 1 aliphatic heterocycles. The number of rotatable bonds is 8. The van der Waals surface area contributed by atoms with Crippen molar-refractivity contribution in [3.05, 3.63) is 70.0 Å². The Kier molecular flexibility index (Phi) is 8.02. The van der Waals surface area contributed by atoms with Crippen molar-refractivity contribution in [2.24, 2.45) is 5.92 Å². The molecule has 36 heavy (non-hydrogen) atoms. The van der Waals surface area contributed by atoms with Gasteiger partial charge in [-0.05, 0) is 61.4 Å². The molecule has 0 bridgehead atoms. The molecule has 5 nitrogen and oxygen atoms in total. The molecule has 1 atom stereocenters. The van der Waals surface area contributed by atoms with Gasteiger partial charge in [-0.15, -0.1) is 11.3 Å². The molecule has 0 radical (unpaired) electrons. The molecule has 2 aliphatic rings. The largest absolute Gasteiger partial charge is 0.481 e. The van der Waals surface area contributed by atoms with Crippen LogP contribution in [-0.2, 0) is 17.9 Å². The second kappa shape index (κ2) is 11.6.